The molecule has 0 bridgehead atoms. The Labute approximate surface area is 120 Å². The van der Waals surface area contributed by atoms with E-state index in [1.54, 1.807) is 0 Å². The van der Waals surface area contributed by atoms with Crippen LogP contribution >= 0.6 is 0 Å². The number of rotatable bonds is 3. The molecule has 0 heterocycles. The predicted molar refractivity (Wildman–Crippen MR) is 83.1 cm³/mol. The van der Waals surface area contributed by atoms with Gasteiger partial charge < -0.3 is 10.6 Å². The lowest BCUT2D eigenvalue weighted by Gasteiger charge is -2.46. The largest absolute Gasteiger partial charge is 0.330 e. The molecular formula is C17H34N2. The van der Waals surface area contributed by atoms with E-state index in [0.717, 1.165) is 30.5 Å². The molecule has 0 aromatic carbocycles. The van der Waals surface area contributed by atoms with E-state index in [1.807, 2.05) is 0 Å². The summed E-state index contributed by atoms with van der Waals surface area (Å²) in [4.78, 5) is 2.71. The highest BCUT2D eigenvalue weighted by Crippen LogP contribution is 2.42. The number of nitrogens with zero attached hydrogens (tertiary/aromatic N) is 1. The van der Waals surface area contributed by atoms with Crippen LogP contribution in [0.5, 0.6) is 0 Å². The summed E-state index contributed by atoms with van der Waals surface area (Å²) in [5.41, 5.74) is 6.51. The smallest absolute Gasteiger partial charge is 0.0138 e. The number of hydrogen-bond donors (Lipinski definition) is 1. The van der Waals surface area contributed by atoms with Crippen LogP contribution in [0.1, 0.15) is 65.7 Å². The van der Waals surface area contributed by atoms with Crippen molar-refractivity contribution in [3.05, 3.63) is 0 Å². The molecule has 19 heavy (non-hydrogen) atoms. The molecule has 0 aromatic heterocycles. The zero-order valence-electron chi connectivity index (χ0n) is 13.5. The highest BCUT2D eigenvalue weighted by atomic mass is 15.2. The summed E-state index contributed by atoms with van der Waals surface area (Å²) in [5.74, 6) is 1.59. The van der Waals surface area contributed by atoms with Crippen molar-refractivity contribution < 1.29 is 0 Å². The molecule has 2 N–H and O–H groups in total. The summed E-state index contributed by atoms with van der Waals surface area (Å²) < 4.78 is 0. The van der Waals surface area contributed by atoms with Crippen molar-refractivity contribution in [2.75, 3.05) is 13.6 Å². The van der Waals surface area contributed by atoms with Crippen molar-refractivity contribution in [1.82, 2.24) is 4.90 Å². The third kappa shape index (κ3) is 3.52. The van der Waals surface area contributed by atoms with Gasteiger partial charge >= 0.3 is 0 Å². The van der Waals surface area contributed by atoms with Gasteiger partial charge in [0, 0.05) is 12.1 Å². The van der Waals surface area contributed by atoms with Crippen molar-refractivity contribution in [2.45, 2.75) is 77.8 Å². The van der Waals surface area contributed by atoms with Crippen molar-refractivity contribution in [3.8, 4) is 0 Å². The standard InChI is InChI=1S/C17H34N2/c1-17(2,3)14-10-9-13(12-18)16(11-14)19(4)15-7-5-6-8-15/h13-16H,5-12,18H2,1-4H3. The summed E-state index contributed by atoms with van der Waals surface area (Å²) in [6.45, 7) is 8.10. The van der Waals surface area contributed by atoms with E-state index in [-0.39, 0.29) is 0 Å². The average molecular weight is 266 g/mol. The first-order valence-electron chi connectivity index (χ1n) is 8.35. The van der Waals surface area contributed by atoms with Crippen molar-refractivity contribution >= 4 is 0 Å². The molecule has 2 rings (SSSR count). The van der Waals surface area contributed by atoms with Crippen LogP contribution < -0.4 is 5.73 Å². The first-order chi connectivity index (χ1) is 8.93. The van der Waals surface area contributed by atoms with Crippen LogP contribution in [0.25, 0.3) is 0 Å². The minimum Gasteiger partial charge on any atom is -0.330 e. The van der Waals surface area contributed by atoms with E-state index in [0.29, 0.717) is 5.41 Å². The molecule has 2 saturated carbocycles. The van der Waals surface area contributed by atoms with Crippen LogP contribution in [0.15, 0.2) is 0 Å². The fourth-order valence-electron chi connectivity index (χ4n) is 4.35. The summed E-state index contributed by atoms with van der Waals surface area (Å²) in [6.07, 6.45) is 9.74. The second-order valence-electron chi connectivity index (χ2n) is 8.04. The summed E-state index contributed by atoms with van der Waals surface area (Å²) >= 11 is 0. The molecule has 2 aliphatic rings. The maximum atomic E-state index is 6.06. The van der Waals surface area contributed by atoms with E-state index in [9.17, 15) is 0 Å². The molecule has 2 nitrogen and oxygen atoms in total. The Morgan fingerprint density at radius 1 is 1.05 bits per heavy atom. The van der Waals surface area contributed by atoms with Gasteiger partial charge in [0.1, 0.15) is 0 Å². The van der Waals surface area contributed by atoms with Crippen molar-refractivity contribution in [2.24, 2.45) is 23.0 Å². The van der Waals surface area contributed by atoms with Crippen molar-refractivity contribution in [3.63, 3.8) is 0 Å². The minimum atomic E-state index is 0.453. The first-order valence-corrected chi connectivity index (χ1v) is 8.35. The van der Waals surface area contributed by atoms with Gasteiger partial charge in [0.25, 0.3) is 0 Å². The maximum absolute atomic E-state index is 6.06. The lowest BCUT2D eigenvalue weighted by Crippen LogP contribution is -2.50. The summed E-state index contributed by atoms with van der Waals surface area (Å²) in [5, 5.41) is 0. The summed E-state index contributed by atoms with van der Waals surface area (Å²) in [7, 11) is 2.37. The molecule has 0 radical (unpaired) electrons. The number of nitrogens with two attached hydrogens (primary N) is 1. The average Bonchev–Trinajstić information content (AvgIpc) is 2.90. The van der Waals surface area contributed by atoms with Gasteiger partial charge in [-0.1, -0.05) is 33.6 Å². The highest BCUT2D eigenvalue weighted by Gasteiger charge is 2.38. The first kappa shape index (κ1) is 15.3. The predicted octanol–water partition coefficient (Wildman–Crippen LogP) is 3.65. The van der Waals surface area contributed by atoms with Gasteiger partial charge in [0.2, 0.25) is 0 Å². The normalized spacial score (nSPS) is 34.1. The molecule has 0 amide bonds. The van der Waals surface area contributed by atoms with E-state index >= 15 is 0 Å². The Bertz CT molecular complexity index is 275. The van der Waals surface area contributed by atoms with Crippen molar-refractivity contribution in [1.29, 1.82) is 0 Å². The van der Waals surface area contributed by atoms with Gasteiger partial charge in [-0.05, 0) is 62.9 Å². The molecular weight excluding hydrogens is 232 g/mol. The van der Waals surface area contributed by atoms with Gasteiger partial charge in [-0.25, -0.2) is 0 Å². The maximum Gasteiger partial charge on any atom is 0.0138 e. The Morgan fingerprint density at radius 3 is 2.21 bits per heavy atom. The molecule has 2 aliphatic carbocycles. The van der Waals surface area contributed by atoms with Gasteiger partial charge in [0.05, 0.1) is 0 Å². The fraction of sp³-hybridized carbons (Fsp3) is 1.00. The van der Waals surface area contributed by atoms with E-state index in [2.05, 4.69) is 32.7 Å². The monoisotopic (exact) mass is 266 g/mol. The van der Waals surface area contributed by atoms with Crippen LogP contribution in [-0.2, 0) is 0 Å². The quantitative estimate of drug-likeness (QED) is 0.845. The lowest BCUT2D eigenvalue weighted by molar-refractivity contribution is 0.0381. The Balaban J connectivity index is 2.04. The van der Waals surface area contributed by atoms with Gasteiger partial charge in [-0.15, -0.1) is 0 Å². The fourth-order valence-corrected chi connectivity index (χ4v) is 4.35. The topological polar surface area (TPSA) is 29.3 Å². The SMILES string of the molecule is CN(C1CCCC1)C1CC(C(C)(C)C)CCC1CN. The molecule has 0 aliphatic heterocycles. The van der Waals surface area contributed by atoms with Crippen LogP contribution in [-0.4, -0.2) is 30.6 Å². The zero-order valence-corrected chi connectivity index (χ0v) is 13.5. The molecule has 0 saturated heterocycles. The van der Waals surface area contributed by atoms with E-state index in [4.69, 9.17) is 5.73 Å². The van der Waals surface area contributed by atoms with E-state index in [1.165, 1.54) is 44.9 Å². The molecule has 0 aromatic rings. The Hall–Kier alpha value is -0.0800. The molecule has 2 heteroatoms. The third-order valence-electron chi connectivity index (χ3n) is 5.91. The minimum absolute atomic E-state index is 0.453. The highest BCUT2D eigenvalue weighted by molar-refractivity contribution is 4.92. The molecule has 3 unspecified atom stereocenters. The second-order valence-corrected chi connectivity index (χ2v) is 8.04. The Kier molecular flexibility index (Phi) is 4.94. The van der Waals surface area contributed by atoms with Gasteiger partial charge in [0.15, 0.2) is 0 Å². The lowest BCUT2D eigenvalue weighted by atomic mass is 9.67. The zero-order chi connectivity index (χ0) is 14.0. The summed E-state index contributed by atoms with van der Waals surface area (Å²) in [6, 6.07) is 1.56. The van der Waals surface area contributed by atoms with Crippen LogP contribution in [0.2, 0.25) is 0 Å². The Morgan fingerprint density at radius 2 is 1.68 bits per heavy atom. The third-order valence-corrected chi connectivity index (χ3v) is 5.91. The number of hydrogen-bond acceptors (Lipinski definition) is 2. The van der Waals surface area contributed by atoms with E-state index < -0.39 is 0 Å². The molecule has 0 spiro atoms. The second kappa shape index (κ2) is 6.13. The van der Waals surface area contributed by atoms with Crippen LogP contribution in [0.4, 0.5) is 0 Å². The molecule has 2 fully saturated rings. The van der Waals surface area contributed by atoms with Gasteiger partial charge in [-0.3, -0.25) is 0 Å². The molecule has 3 atom stereocenters. The molecule has 112 valence electrons. The van der Waals surface area contributed by atoms with Gasteiger partial charge in [-0.2, -0.15) is 0 Å². The van der Waals surface area contributed by atoms with Crippen LogP contribution in [0, 0.1) is 17.3 Å². The van der Waals surface area contributed by atoms with Crippen LogP contribution in [0.3, 0.4) is 0 Å².